The van der Waals surface area contributed by atoms with Gasteiger partial charge in [0.1, 0.15) is 6.33 Å². The molecule has 1 aromatic carbocycles. The molecule has 0 fully saturated rings. The molecule has 0 bridgehead atoms. The SMILES string of the molecule is COCCN(C)C(=O)c1ccc(Nc2ncc(-c3cn[nH]c3)n3ncnc23)cc1. The smallest absolute Gasteiger partial charge is 0.253 e. The van der Waals surface area contributed by atoms with Gasteiger partial charge >= 0.3 is 0 Å². The van der Waals surface area contributed by atoms with Gasteiger partial charge in [0.15, 0.2) is 11.5 Å². The summed E-state index contributed by atoms with van der Waals surface area (Å²) in [5.41, 5.74) is 3.61. The van der Waals surface area contributed by atoms with Crippen molar-refractivity contribution in [3.63, 3.8) is 0 Å². The molecule has 4 aromatic rings. The van der Waals surface area contributed by atoms with Gasteiger partial charge in [0.05, 0.1) is 24.7 Å². The van der Waals surface area contributed by atoms with Crippen LogP contribution in [0.4, 0.5) is 11.5 Å². The number of nitrogens with one attached hydrogen (secondary N) is 2. The van der Waals surface area contributed by atoms with E-state index in [0.29, 0.717) is 30.2 Å². The van der Waals surface area contributed by atoms with Gasteiger partial charge in [-0.3, -0.25) is 9.89 Å². The largest absolute Gasteiger partial charge is 0.383 e. The number of rotatable bonds is 7. The van der Waals surface area contributed by atoms with Crippen molar-refractivity contribution in [3.8, 4) is 11.3 Å². The lowest BCUT2D eigenvalue weighted by Crippen LogP contribution is -2.29. The highest BCUT2D eigenvalue weighted by Crippen LogP contribution is 2.24. The van der Waals surface area contributed by atoms with E-state index < -0.39 is 0 Å². The van der Waals surface area contributed by atoms with E-state index in [1.807, 2.05) is 12.1 Å². The summed E-state index contributed by atoms with van der Waals surface area (Å²) in [4.78, 5) is 22.8. The molecule has 148 valence electrons. The fraction of sp³-hybridized carbons (Fsp3) is 0.211. The summed E-state index contributed by atoms with van der Waals surface area (Å²) in [7, 11) is 3.36. The average Bonchev–Trinajstić information content (AvgIpc) is 3.45. The van der Waals surface area contributed by atoms with E-state index in [2.05, 4.69) is 30.6 Å². The van der Waals surface area contributed by atoms with Crippen LogP contribution in [0.15, 0.2) is 49.2 Å². The Kier molecular flexibility index (Phi) is 5.16. The summed E-state index contributed by atoms with van der Waals surface area (Å²) in [6, 6.07) is 7.20. The molecule has 3 heterocycles. The van der Waals surface area contributed by atoms with Crippen molar-refractivity contribution < 1.29 is 9.53 Å². The van der Waals surface area contributed by atoms with Crippen LogP contribution in [0.1, 0.15) is 10.4 Å². The van der Waals surface area contributed by atoms with Crippen molar-refractivity contribution in [1.29, 1.82) is 0 Å². The maximum atomic E-state index is 12.4. The van der Waals surface area contributed by atoms with E-state index in [0.717, 1.165) is 16.9 Å². The molecule has 0 spiro atoms. The molecule has 0 saturated carbocycles. The number of carbonyl (C=O) groups excluding carboxylic acids is 1. The number of fused-ring (bicyclic) bond motifs is 1. The van der Waals surface area contributed by atoms with Crippen LogP contribution >= 0.6 is 0 Å². The van der Waals surface area contributed by atoms with E-state index in [9.17, 15) is 4.79 Å². The van der Waals surface area contributed by atoms with Gasteiger partial charge in [-0.05, 0) is 24.3 Å². The number of aromatic nitrogens is 6. The van der Waals surface area contributed by atoms with Crippen LogP contribution in [-0.4, -0.2) is 67.9 Å². The lowest BCUT2D eigenvalue weighted by Gasteiger charge is -2.16. The number of amides is 1. The molecule has 0 saturated heterocycles. The van der Waals surface area contributed by atoms with Crippen molar-refractivity contribution in [3.05, 3.63) is 54.7 Å². The molecular formula is C19H20N8O2. The number of ether oxygens (including phenoxy) is 1. The zero-order valence-corrected chi connectivity index (χ0v) is 16.0. The van der Waals surface area contributed by atoms with Gasteiger partial charge in [-0.25, -0.2) is 14.5 Å². The molecule has 10 nitrogen and oxygen atoms in total. The molecule has 10 heteroatoms. The van der Waals surface area contributed by atoms with E-state index >= 15 is 0 Å². The van der Waals surface area contributed by atoms with Crippen LogP contribution in [-0.2, 0) is 4.74 Å². The van der Waals surface area contributed by atoms with E-state index in [1.165, 1.54) is 6.33 Å². The molecule has 29 heavy (non-hydrogen) atoms. The predicted molar refractivity (Wildman–Crippen MR) is 107 cm³/mol. The lowest BCUT2D eigenvalue weighted by molar-refractivity contribution is 0.0744. The second kappa shape index (κ2) is 8.07. The van der Waals surface area contributed by atoms with E-state index in [-0.39, 0.29) is 5.91 Å². The molecule has 3 aromatic heterocycles. The minimum atomic E-state index is -0.0592. The second-order valence-electron chi connectivity index (χ2n) is 6.40. The summed E-state index contributed by atoms with van der Waals surface area (Å²) in [6.45, 7) is 1.03. The topological polar surface area (TPSA) is 113 Å². The molecular weight excluding hydrogens is 372 g/mol. The number of hydrogen-bond acceptors (Lipinski definition) is 7. The molecule has 0 atom stereocenters. The molecule has 0 aliphatic heterocycles. The van der Waals surface area contributed by atoms with Gasteiger partial charge in [0.25, 0.3) is 5.91 Å². The predicted octanol–water partition coefficient (Wildman–Crippen LogP) is 1.98. The maximum Gasteiger partial charge on any atom is 0.253 e. The quantitative estimate of drug-likeness (QED) is 0.494. The number of aromatic amines is 1. The highest BCUT2D eigenvalue weighted by atomic mass is 16.5. The number of H-pyrrole nitrogens is 1. The van der Waals surface area contributed by atoms with Crippen LogP contribution in [0.2, 0.25) is 0 Å². The van der Waals surface area contributed by atoms with Crippen molar-refractivity contribution in [1.82, 2.24) is 34.7 Å². The third-order valence-corrected chi connectivity index (χ3v) is 4.47. The molecule has 0 aliphatic rings. The fourth-order valence-corrected chi connectivity index (χ4v) is 2.88. The lowest BCUT2D eigenvalue weighted by atomic mass is 10.2. The van der Waals surface area contributed by atoms with Crippen LogP contribution in [0.5, 0.6) is 0 Å². The number of benzene rings is 1. The van der Waals surface area contributed by atoms with Gasteiger partial charge in [-0.15, -0.1) is 0 Å². The summed E-state index contributed by atoms with van der Waals surface area (Å²) in [5, 5.41) is 14.3. The second-order valence-corrected chi connectivity index (χ2v) is 6.40. The van der Waals surface area contributed by atoms with Crippen LogP contribution in [0.3, 0.4) is 0 Å². The first kappa shape index (κ1) is 18.6. The summed E-state index contributed by atoms with van der Waals surface area (Å²) in [6.07, 6.45) is 6.65. The normalized spacial score (nSPS) is 11.0. The standard InChI is InChI=1S/C19H20N8O2/c1-26(7-8-29-2)19(28)13-3-5-15(6-4-13)25-17-18-21-12-24-27(18)16(11-20-17)14-9-22-23-10-14/h3-6,9-12H,7-8H2,1-2H3,(H,20,25)(H,22,23). The Morgan fingerprint density at radius 1 is 1.24 bits per heavy atom. The molecule has 1 amide bonds. The van der Waals surface area contributed by atoms with Crippen molar-refractivity contribution in [2.75, 3.05) is 32.6 Å². The van der Waals surface area contributed by atoms with Crippen LogP contribution in [0, 0.1) is 0 Å². The third-order valence-electron chi connectivity index (χ3n) is 4.47. The summed E-state index contributed by atoms with van der Waals surface area (Å²) in [5.74, 6) is 0.502. The Hall–Kier alpha value is -3.79. The average molecular weight is 392 g/mol. The number of anilines is 2. The van der Waals surface area contributed by atoms with Crippen LogP contribution in [0.25, 0.3) is 16.9 Å². The molecule has 4 rings (SSSR count). The third kappa shape index (κ3) is 3.78. The van der Waals surface area contributed by atoms with Gasteiger partial charge in [0.2, 0.25) is 0 Å². The Bertz CT molecular complexity index is 1110. The highest BCUT2D eigenvalue weighted by molar-refractivity contribution is 5.94. The van der Waals surface area contributed by atoms with Gasteiger partial charge < -0.3 is 15.0 Å². The van der Waals surface area contributed by atoms with Crippen LogP contribution < -0.4 is 5.32 Å². The summed E-state index contributed by atoms with van der Waals surface area (Å²) >= 11 is 0. The number of methoxy groups -OCH3 is 1. The maximum absolute atomic E-state index is 12.4. The first-order valence-corrected chi connectivity index (χ1v) is 8.96. The Balaban J connectivity index is 1.54. The Labute approximate surface area is 166 Å². The zero-order valence-electron chi connectivity index (χ0n) is 16.0. The number of carbonyl (C=O) groups is 1. The molecule has 0 radical (unpaired) electrons. The number of likely N-dealkylation sites (N-methyl/N-ethyl adjacent to an activating group) is 1. The van der Waals surface area contributed by atoms with Gasteiger partial charge in [-0.1, -0.05) is 0 Å². The number of nitrogens with zero attached hydrogens (tertiary/aromatic N) is 6. The monoisotopic (exact) mass is 392 g/mol. The molecule has 0 aliphatic carbocycles. The highest BCUT2D eigenvalue weighted by Gasteiger charge is 2.14. The van der Waals surface area contributed by atoms with Gasteiger partial charge in [-0.2, -0.15) is 10.2 Å². The first-order chi connectivity index (χ1) is 14.2. The van der Waals surface area contributed by atoms with Crippen molar-refractivity contribution in [2.24, 2.45) is 0 Å². The van der Waals surface area contributed by atoms with Gasteiger partial charge in [0, 0.05) is 43.7 Å². The van der Waals surface area contributed by atoms with E-state index in [4.69, 9.17) is 4.74 Å². The Morgan fingerprint density at radius 2 is 2.07 bits per heavy atom. The molecule has 2 N–H and O–H groups in total. The zero-order chi connectivity index (χ0) is 20.2. The summed E-state index contributed by atoms with van der Waals surface area (Å²) < 4.78 is 6.71. The fourth-order valence-electron chi connectivity index (χ4n) is 2.88. The number of hydrogen-bond donors (Lipinski definition) is 2. The van der Waals surface area contributed by atoms with E-state index in [1.54, 1.807) is 54.3 Å². The molecule has 0 unspecified atom stereocenters. The minimum Gasteiger partial charge on any atom is -0.383 e. The first-order valence-electron chi connectivity index (χ1n) is 8.96. The Morgan fingerprint density at radius 3 is 2.79 bits per heavy atom. The van der Waals surface area contributed by atoms with Crippen molar-refractivity contribution in [2.45, 2.75) is 0 Å². The van der Waals surface area contributed by atoms with Crippen molar-refractivity contribution >= 4 is 23.1 Å². The minimum absolute atomic E-state index is 0.0592.